The molecular formula is C19H18FN3O2. The van der Waals surface area contributed by atoms with Crippen molar-refractivity contribution in [2.24, 2.45) is 0 Å². The van der Waals surface area contributed by atoms with Crippen molar-refractivity contribution >= 4 is 17.5 Å². The molecule has 6 heteroatoms. The lowest BCUT2D eigenvalue weighted by molar-refractivity contribution is -0.120. The van der Waals surface area contributed by atoms with E-state index in [1.54, 1.807) is 42.5 Å². The Balaban J connectivity index is 1.86. The third-order valence-electron chi connectivity index (χ3n) is 3.52. The highest BCUT2D eigenvalue weighted by atomic mass is 19.1. The van der Waals surface area contributed by atoms with E-state index in [0.717, 1.165) is 5.56 Å². The van der Waals surface area contributed by atoms with Gasteiger partial charge in [-0.1, -0.05) is 30.3 Å². The van der Waals surface area contributed by atoms with E-state index in [0.29, 0.717) is 17.7 Å². The smallest absolute Gasteiger partial charge is 0.234 e. The lowest BCUT2D eigenvalue weighted by Crippen LogP contribution is -2.22. The average molecular weight is 339 g/mol. The maximum absolute atomic E-state index is 13.5. The molecule has 0 saturated heterocycles. The van der Waals surface area contributed by atoms with Crippen LogP contribution in [0.3, 0.4) is 0 Å². The third-order valence-corrected chi connectivity index (χ3v) is 3.52. The minimum Gasteiger partial charge on any atom is -0.351 e. The number of carbonyl (C=O) groups is 2. The molecule has 0 saturated carbocycles. The van der Waals surface area contributed by atoms with Crippen LogP contribution in [0.25, 0.3) is 0 Å². The summed E-state index contributed by atoms with van der Waals surface area (Å²) >= 11 is 0. The van der Waals surface area contributed by atoms with Crippen LogP contribution in [-0.4, -0.2) is 11.8 Å². The van der Waals surface area contributed by atoms with Crippen molar-refractivity contribution < 1.29 is 14.0 Å². The van der Waals surface area contributed by atoms with Crippen LogP contribution in [0.2, 0.25) is 0 Å². The molecule has 0 heterocycles. The second kappa shape index (κ2) is 9.18. The standard InChI is InChI=1S/C19H18FN3O2/c20-17-7-2-1-5-15(17)8-9-19(25)23-16-6-3-4-14(12-16)13-22-18(24)10-11-21/h1-7,12H,8-10,13H2,(H,22,24)(H,23,25). The Kier molecular flexibility index (Phi) is 6.66. The van der Waals surface area contributed by atoms with Gasteiger partial charge in [-0.25, -0.2) is 4.39 Å². The number of carbonyl (C=O) groups excluding carboxylic acids is 2. The summed E-state index contributed by atoms with van der Waals surface area (Å²) in [7, 11) is 0. The van der Waals surface area contributed by atoms with Crippen LogP contribution < -0.4 is 10.6 Å². The van der Waals surface area contributed by atoms with Crippen molar-refractivity contribution in [3.63, 3.8) is 0 Å². The van der Waals surface area contributed by atoms with E-state index in [2.05, 4.69) is 10.6 Å². The van der Waals surface area contributed by atoms with Gasteiger partial charge in [0.05, 0.1) is 6.07 Å². The largest absolute Gasteiger partial charge is 0.351 e. The lowest BCUT2D eigenvalue weighted by Gasteiger charge is -2.08. The number of aryl methyl sites for hydroxylation is 1. The molecule has 0 aliphatic rings. The van der Waals surface area contributed by atoms with Gasteiger partial charge in [0, 0.05) is 18.7 Å². The van der Waals surface area contributed by atoms with E-state index in [4.69, 9.17) is 5.26 Å². The van der Waals surface area contributed by atoms with Crippen LogP contribution in [0.5, 0.6) is 0 Å². The minimum atomic E-state index is -0.346. The fourth-order valence-corrected chi connectivity index (χ4v) is 2.27. The molecule has 2 aromatic carbocycles. The molecule has 0 aromatic heterocycles. The molecule has 0 unspecified atom stereocenters. The highest BCUT2D eigenvalue weighted by Crippen LogP contribution is 2.13. The summed E-state index contributed by atoms with van der Waals surface area (Å²) < 4.78 is 13.5. The zero-order valence-electron chi connectivity index (χ0n) is 13.6. The monoisotopic (exact) mass is 339 g/mol. The molecule has 0 fully saturated rings. The maximum Gasteiger partial charge on any atom is 0.234 e. The molecule has 5 nitrogen and oxygen atoms in total. The summed E-state index contributed by atoms with van der Waals surface area (Å²) in [6.45, 7) is 0.277. The first kappa shape index (κ1) is 18.1. The topological polar surface area (TPSA) is 82.0 Å². The molecule has 2 aromatic rings. The molecule has 128 valence electrons. The summed E-state index contributed by atoms with van der Waals surface area (Å²) in [6, 6.07) is 15.2. The van der Waals surface area contributed by atoms with Crippen molar-refractivity contribution in [3.8, 4) is 6.07 Å². The predicted octanol–water partition coefficient (Wildman–Crippen LogP) is 2.93. The molecule has 0 aliphatic carbocycles. The SMILES string of the molecule is N#CCC(=O)NCc1cccc(NC(=O)CCc2ccccc2F)c1. The average Bonchev–Trinajstić information content (AvgIpc) is 2.60. The molecule has 2 amide bonds. The summed E-state index contributed by atoms with van der Waals surface area (Å²) in [5, 5.41) is 13.8. The summed E-state index contributed by atoms with van der Waals surface area (Å²) in [4.78, 5) is 23.3. The van der Waals surface area contributed by atoms with E-state index in [-0.39, 0.29) is 37.0 Å². The van der Waals surface area contributed by atoms with E-state index in [1.165, 1.54) is 6.07 Å². The molecular weight excluding hydrogens is 321 g/mol. The van der Waals surface area contributed by atoms with Gasteiger partial charge in [0.15, 0.2) is 0 Å². The fraction of sp³-hybridized carbons (Fsp3) is 0.211. The first-order valence-electron chi connectivity index (χ1n) is 7.84. The van der Waals surface area contributed by atoms with E-state index in [9.17, 15) is 14.0 Å². The second-order valence-electron chi connectivity index (χ2n) is 5.45. The van der Waals surface area contributed by atoms with Gasteiger partial charge in [-0.2, -0.15) is 5.26 Å². The van der Waals surface area contributed by atoms with Crippen molar-refractivity contribution in [3.05, 3.63) is 65.5 Å². The van der Waals surface area contributed by atoms with Gasteiger partial charge in [0.1, 0.15) is 12.2 Å². The van der Waals surface area contributed by atoms with Gasteiger partial charge >= 0.3 is 0 Å². The van der Waals surface area contributed by atoms with Crippen LogP contribution >= 0.6 is 0 Å². The number of benzene rings is 2. The molecule has 0 radical (unpaired) electrons. The number of rotatable bonds is 7. The van der Waals surface area contributed by atoms with Gasteiger partial charge in [0.2, 0.25) is 11.8 Å². The zero-order chi connectivity index (χ0) is 18.1. The zero-order valence-corrected chi connectivity index (χ0v) is 13.6. The molecule has 25 heavy (non-hydrogen) atoms. The number of nitriles is 1. The Hall–Kier alpha value is -3.20. The minimum absolute atomic E-state index is 0.171. The maximum atomic E-state index is 13.5. The highest BCUT2D eigenvalue weighted by Gasteiger charge is 2.07. The quantitative estimate of drug-likeness (QED) is 0.814. The Bertz CT molecular complexity index is 799. The molecule has 0 spiro atoms. The number of amides is 2. The number of anilines is 1. The van der Waals surface area contributed by atoms with Gasteiger partial charge < -0.3 is 10.6 Å². The number of halogens is 1. The van der Waals surface area contributed by atoms with E-state index >= 15 is 0 Å². The number of nitrogens with one attached hydrogen (secondary N) is 2. The van der Waals surface area contributed by atoms with Crippen LogP contribution in [0.15, 0.2) is 48.5 Å². The summed E-state index contributed by atoms with van der Waals surface area (Å²) in [5.41, 5.74) is 1.91. The highest BCUT2D eigenvalue weighted by molar-refractivity contribution is 5.90. The Morgan fingerprint density at radius 1 is 1.08 bits per heavy atom. The van der Waals surface area contributed by atoms with Crippen molar-refractivity contribution in [1.29, 1.82) is 5.26 Å². The third kappa shape index (κ3) is 6.07. The van der Waals surface area contributed by atoms with Gasteiger partial charge in [-0.3, -0.25) is 9.59 Å². The number of hydrogen-bond acceptors (Lipinski definition) is 3. The Morgan fingerprint density at radius 2 is 1.88 bits per heavy atom. The van der Waals surface area contributed by atoms with E-state index in [1.807, 2.05) is 6.07 Å². The van der Waals surface area contributed by atoms with Crippen molar-refractivity contribution in [1.82, 2.24) is 5.32 Å². The Labute approximate surface area is 145 Å². The first-order chi connectivity index (χ1) is 12.1. The van der Waals surface area contributed by atoms with Gasteiger partial charge in [-0.15, -0.1) is 0 Å². The van der Waals surface area contributed by atoms with Crippen LogP contribution in [0.1, 0.15) is 24.0 Å². The predicted molar refractivity (Wildman–Crippen MR) is 91.9 cm³/mol. The molecule has 0 bridgehead atoms. The van der Waals surface area contributed by atoms with E-state index < -0.39 is 0 Å². The number of hydrogen-bond donors (Lipinski definition) is 2. The fourth-order valence-electron chi connectivity index (χ4n) is 2.27. The lowest BCUT2D eigenvalue weighted by atomic mass is 10.1. The Morgan fingerprint density at radius 3 is 2.64 bits per heavy atom. The summed E-state index contributed by atoms with van der Waals surface area (Å²) in [5.74, 6) is -0.874. The van der Waals surface area contributed by atoms with Crippen LogP contribution in [-0.2, 0) is 22.6 Å². The van der Waals surface area contributed by atoms with Crippen molar-refractivity contribution in [2.45, 2.75) is 25.8 Å². The van der Waals surface area contributed by atoms with Gasteiger partial charge in [-0.05, 0) is 35.7 Å². The van der Waals surface area contributed by atoms with Gasteiger partial charge in [0.25, 0.3) is 0 Å². The van der Waals surface area contributed by atoms with Crippen LogP contribution in [0, 0.1) is 17.1 Å². The molecule has 2 N–H and O–H groups in total. The molecule has 0 aliphatic heterocycles. The molecule has 2 rings (SSSR count). The molecule has 0 atom stereocenters. The first-order valence-corrected chi connectivity index (χ1v) is 7.84. The van der Waals surface area contributed by atoms with Crippen molar-refractivity contribution in [2.75, 3.05) is 5.32 Å². The second-order valence-corrected chi connectivity index (χ2v) is 5.45. The summed E-state index contributed by atoms with van der Waals surface area (Å²) in [6.07, 6.45) is 0.305. The normalized spacial score (nSPS) is 9.92. The van der Waals surface area contributed by atoms with Crippen LogP contribution in [0.4, 0.5) is 10.1 Å². The number of nitrogens with zero attached hydrogens (tertiary/aromatic N) is 1.